The number of carbonyl (C=O) groups is 3. The third kappa shape index (κ3) is 6.96. The average Bonchev–Trinajstić information content (AvgIpc) is 2.58. The molecule has 0 aliphatic heterocycles. The van der Waals surface area contributed by atoms with Crippen molar-refractivity contribution >= 4 is 107 Å². The zero-order chi connectivity index (χ0) is 27.0. The second-order valence-electron chi connectivity index (χ2n) is 6.34. The molecule has 1 aromatic carbocycles. The Morgan fingerprint density at radius 2 is 1.21 bits per heavy atom. The van der Waals surface area contributed by atoms with Crippen LogP contribution in [-0.2, 0) is 24.4 Å². The molecule has 0 bridgehead atoms. The lowest BCUT2D eigenvalue weighted by Crippen LogP contribution is -2.63. The number of hydrogen-bond donors (Lipinski definition) is 2. The van der Waals surface area contributed by atoms with Gasteiger partial charge in [-0.2, -0.15) is 26.3 Å². The van der Waals surface area contributed by atoms with Crippen LogP contribution in [0.2, 0.25) is 0 Å². The Labute approximate surface area is 228 Å². The van der Waals surface area contributed by atoms with E-state index in [0.717, 1.165) is 13.8 Å². The molecule has 9 nitrogen and oxygen atoms in total. The minimum absolute atomic E-state index is 0.0633. The van der Waals surface area contributed by atoms with Crippen molar-refractivity contribution in [1.82, 2.24) is 0 Å². The van der Waals surface area contributed by atoms with Gasteiger partial charge in [-0.05, 0) is 67.8 Å². The summed E-state index contributed by atoms with van der Waals surface area (Å²) in [4.78, 5) is 35.8. The van der Waals surface area contributed by atoms with E-state index in [1.54, 1.807) is 22.6 Å². The molecule has 0 radical (unpaired) electrons. The van der Waals surface area contributed by atoms with Crippen LogP contribution in [0.15, 0.2) is 0 Å². The number of nitrogens with one attached hydrogen (secondary N) is 2. The zero-order valence-electron chi connectivity index (χ0n) is 16.4. The predicted molar refractivity (Wildman–Crippen MR) is 128 cm³/mol. The molecule has 0 spiro atoms. The Kier molecular flexibility index (Phi) is 9.90. The first kappa shape index (κ1) is 31.3. The Hall–Kier alpha value is -0.690. The summed E-state index contributed by atoms with van der Waals surface area (Å²) in [7, 11) is -6.24. The summed E-state index contributed by atoms with van der Waals surface area (Å²) in [6, 6.07) is 0. The normalized spacial score (nSPS) is 12.8. The summed E-state index contributed by atoms with van der Waals surface area (Å²) in [5.41, 5.74) is -7.18. The van der Waals surface area contributed by atoms with E-state index < -0.39 is 57.2 Å². The van der Waals surface area contributed by atoms with Crippen LogP contribution in [-0.4, -0.2) is 54.5 Å². The molecular weight excluding hydrogens is 847 g/mol. The number of hydrogen-bond acceptors (Lipinski definition) is 7. The van der Waals surface area contributed by atoms with Gasteiger partial charge in [0.15, 0.2) is 0 Å². The minimum Gasteiger partial charge on any atom is -0.748 e. The highest BCUT2D eigenvalue weighted by Gasteiger charge is 2.75. The molecule has 0 aliphatic carbocycles. The van der Waals surface area contributed by atoms with Crippen LogP contribution in [0.25, 0.3) is 0 Å². The number of alkyl halides is 6. The van der Waals surface area contributed by atoms with Gasteiger partial charge >= 0.3 is 23.9 Å². The van der Waals surface area contributed by atoms with Gasteiger partial charge in [0.25, 0.3) is 0 Å². The van der Waals surface area contributed by atoms with E-state index in [1.807, 2.05) is 0 Å². The topological polar surface area (TPSA) is 142 Å². The van der Waals surface area contributed by atoms with Gasteiger partial charge in [-0.1, -0.05) is 0 Å². The lowest BCUT2D eigenvalue weighted by Gasteiger charge is -2.37. The molecule has 0 atom stereocenters. The van der Waals surface area contributed by atoms with Gasteiger partial charge in [-0.3, -0.25) is 9.59 Å². The first-order valence-electron chi connectivity index (χ1n) is 8.11. The number of esters is 1. The summed E-state index contributed by atoms with van der Waals surface area (Å²) >= 11 is 4.26. The minimum atomic E-state index is -6.57. The van der Waals surface area contributed by atoms with Crippen LogP contribution in [0, 0.1) is 10.7 Å². The second kappa shape index (κ2) is 10.7. The van der Waals surface area contributed by atoms with Crippen molar-refractivity contribution in [2.24, 2.45) is 0 Å². The molecule has 0 saturated carbocycles. The lowest BCUT2D eigenvalue weighted by atomic mass is 10.0. The molecule has 2 N–H and O–H groups in total. The van der Waals surface area contributed by atoms with Crippen LogP contribution in [0.5, 0.6) is 0 Å². The van der Waals surface area contributed by atoms with Crippen molar-refractivity contribution in [3.8, 4) is 0 Å². The van der Waals surface area contributed by atoms with Crippen molar-refractivity contribution in [1.29, 1.82) is 0 Å². The smallest absolute Gasteiger partial charge is 0.438 e. The highest BCUT2D eigenvalue weighted by Crippen LogP contribution is 2.48. The van der Waals surface area contributed by atoms with E-state index in [4.69, 9.17) is 0 Å². The molecule has 1 aromatic rings. The highest BCUT2D eigenvalue weighted by molar-refractivity contribution is 14.1. The van der Waals surface area contributed by atoms with Gasteiger partial charge in [0.05, 0.1) is 43.5 Å². The molecule has 0 heterocycles. The first-order valence-corrected chi connectivity index (χ1v) is 12.9. The summed E-state index contributed by atoms with van der Waals surface area (Å²) in [6.45, 7) is 2.02. The van der Waals surface area contributed by atoms with Crippen LogP contribution in [0.4, 0.5) is 37.7 Å². The van der Waals surface area contributed by atoms with Gasteiger partial charge in [0.2, 0.25) is 11.8 Å². The maximum absolute atomic E-state index is 13.5. The van der Waals surface area contributed by atoms with Crippen LogP contribution in [0.3, 0.4) is 0 Å². The number of anilines is 2. The third-order valence-corrected chi connectivity index (χ3v) is 7.68. The zero-order valence-corrected chi connectivity index (χ0v) is 23.7. The van der Waals surface area contributed by atoms with E-state index in [-0.39, 0.29) is 22.1 Å². The SMILES string of the molecule is CC(=O)Nc1c(I)c(NC(C)=O)c(I)c(C(=O)OC(CS(=O)(=O)[O-])(C(F)(F)F)C(F)(F)F)c1I. The molecule has 0 fully saturated rings. The Morgan fingerprint density at radius 3 is 1.47 bits per heavy atom. The molecule has 34 heavy (non-hydrogen) atoms. The van der Waals surface area contributed by atoms with E-state index >= 15 is 0 Å². The molecule has 0 unspecified atom stereocenters. The number of carbonyl (C=O) groups excluding carboxylic acids is 3. The number of halogens is 9. The number of rotatable bonds is 6. The molecule has 0 aromatic heterocycles. The van der Waals surface area contributed by atoms with Crippen molar-refractivity contribution in [3.63, 3.8) is 0 Å². The average molecular weight is 857 g/mol. The molecular formula is C15H10F6I3N2O7S-. The van der Waals surface area contributed by atoms with E-state index in [1.165, 1.54) is 45.2 Å². The van der Waals surface area contributed by atoms with Crippen LogP contribution < -0.4 is 10.6 Å². The van der Waals surface area contributed by atoms with Crippen LogP contribution in [0.1, 0.15) is 24.2 Å². The molecule has 192 valence electrons. The summed E-state index contributed by atoms with van der Waals surface area (Å²) < 4.78 is 117. The Balaban J connectivity index is 3.95. The first-order chi connectivity index (χ1) is 15.1. The van der Waals surface area contributed by atoms with Gasteiger partial charge in [0, 0.05) is 13.8 Å². The standard InChI is InChI=1S/C15H11F6I3N2O7S/c1-4(27)25-10-7(22)6(8(23)11(9(10)24)26-5(2)28)12(29)33-13(14(16,17)18,15(19,20)21)3-34(30,31)32/h3H2,1-2H3,(H,25,27)(H,26,28)(H,30,31,32)/p-1. The van der Waals surface area contributed by atoms with E-state index in [9.17, 15) is 53.7 Å². The third-order valence-electron chi connectivity index (χ3n) is 3.69. The maximum atomic E-state index is 13.5. The van der Waals surface area contributed by atoms with Gasteiger partial charge in [-0.25, -0.2) is 13.2 Å². The highest BCUT2D eigenvalue weighted by atomic mass is 127. The Morgan fingerprint density at radius 1 is 0.853 bits per heavy atom. The fraction of sp³-hybridized carbons (Fsp3) is 0.400. The van der Waals surface area contributed by atoms with E-state index in [2.05, 4.69) is 15.4 Å². The number of benzene rings is 1. The lowest BCUT2D eigenvalue weighted by molar-refractivity contribution is -0.356. The van der Waals surface area contributed by atoms with Crippen molar-refractivity contribution in [2.45, 2.75) is 31.8 Å². The fourth-order valence-corrected chi connectivity index (χ4v) is 7.37. The van der Waals surface area contributed by atoms with Crippen molar-refractivity contribution in [2.75, 3.05) is 16.4 Å². The molecule has 2 amide bonds. The number of ether oxygens (including phenoxy) is 1. The Bertz CT molecular complexity index is 1080. The van der Waals surface area contributed by atoms with Crippen molar-refractivity contribution < 1.29 is 58.4 Å². The molecule has 0 aliphatic rings. The van der Waals surface area contributed by atoms with Crippen LogP contribution >= 0.6 is 67.8 Å². The quantitative estimate of drug-likeness (QED) is 0.191. The monoisotopic (exact) mass is 857 g/mol. The summed E-state index contributed by atoms with van der Waals surface area (Å²) in [6.07, 6.45) is -13.1. The molecule has 19 heteroatoms. The molecule has 0 saturated heterocycles. The van der Waals surface area contributed by atoms with Gasteiger partial charge < -0.3 is 19.9 Å². The molecule has 1 rings (SSSR count). The summed E-state index contributed by atoms with van der Waals surface area (Å²) in [5.74, 6) is -6.99. The predicted octanol–water partition coefficient (Wildman–Crippen LogP) is 3.98. The number of amides is 2. The summed E-state index contributed by atoms with van der Waals surface area (Å²) in [5, 5.41) is 4.46. The largest absolute Gasteiger partial charge is 0.748 e. The maximum Gasteiger partial charge on any atom is 0.438 e. The fourth-order valence-electron chi connectivity index (χ4n) is 2.34. The second-order valence-corrected chi connectivity index (χ2v) is 11.0. The van der Waals surface area contributed by atoms with Crippen molar-refractivity contribution in [3.05, 3.63) is 16.3 Å². The van der Waals surface area contributed by atoms with Gasteiger partial charge in [0.1, 0.15) is 0 Å². The van der Waals surface area contributed by atoms with E-state index in [0.29, 0.717) is 0 Å². The van der Waals surface area contributed by atoms with Gasteiger partial charge in [-0.15, -0.1) is 0 Å².